The van der Waals surface area contributed by atoms with Crippen molar-refractivity contribution in [2.45, 2.75) is 37.8 Å². The maximum Gasteiger partial charge on any atom is 0.0921 e. The number of likely N-dealkylation sites (tertiary alicyclic amines) is 1. The molecule has 3 aromatic heterocycles. The van der Waals surface area contributed by atoms with Gasteiger partial charge < -0.3 is 4.98 Å². The van der Waals surface area contributed by atoms with Gasteiger partial charge in [0, 0.05) is 30.2 Å². The highest BCUT2D eigenvalue weighted by atomic mass is 35.5. The van der Waals surface area contributed by atoms with Gasteiger partial charge in [0.15, 0.2) is 0 Å². The Balaban J connectivity index is 1.58. The minimum absolute atomic E-state index is 0.223. The molecule has 26 heavy (non-hydrogen) atoms. The fourth-order valence-electron chi connectivity index (χ4n) is 3.82. The number of pyridine rings is 2. The fourth-order valence-corrected chi connectivity index (χ4v) is 4.06. The molecule has 2 unspecified atom stereocenters. The lowest BCUT2D eigenvalue weighted by molar-refractivity contribution is 0.109. The van der Waals surface area contributed by atoms with E-state index in [1.165, 1.54) is 0 Å². The number of imidazole rings is 1. The van der Waals surface area contributed by atoms with Gasteiger partial charge in [0.25, 0.3) is 0 Å². The summed E-state index contributed by atoms with van der Waals surface area (Å²) in [5, 5.41) is 0.742. The number of hydrogen-bond acceptors (Lipinski definition) is 4. The second-order valence-electron chi connectivity index (χ2n) is 6.81. The van der Waals surface area contributed by atoms with Crippen LogP contribution < -0.4 is 0 Å². The zero-order chi connectivity index (χ0) is 17.9. The first kappa shape index (κ1) is 17.2. The largest absolute Gasteiger partial charge is 0.348 e. The Morgan fingerprint density at radius 2 is 2.08 bits per heavy atom. The molecule has 0 bridgehead atoms. The number of H-pyrrole nitrogens is 1. The van der Waals surface area contributed by atoms with Crippen molar-refractivity contribution in [2.75, 3.05) is 7.05 Å². The lowest BCUT2D eigenvalue weighted by atomic mass is 9.92. The van der Waals surface area contributed by atoms with E-state index in [0.29, 0.717) is 0 Å². The van der Waals surface area contributed by atoms with Crippen molar-refractivity contribution in [3.63, 3.8) is 0 Å². The van der Waals surface area contributed by atoms with E-state index in [9.17, 15) is 0 Å². The predicted octanol–water partition coefficient (Wildman–Crippen LogP) is 4.34. The summed E-state index contributed by atoms with van der Waals surface area (Å²) in [5.41, 5.74) is 4.21. The number of halogens is 1. The normalized spacial score (nSPS) is 21.0. The zero-order valence-electron chi connectivity index (χ0n) is 14.8. The van der Waals surface area contributed by atoms with Gasteiger partial charge in [-0.05, 0) is 50.6 Å². The molecule has 4 rings (SSSR count). The van der Waals surface area contributed by atoms with Crippen LogP contribution >= 0.6 is 11.6 Å². The van der Waals surface area contributed by atoms with Gasteiger partial charge in [-0.15, -0.1) is 0 Å². The van der Waals surface area contributed by atoms with Gasteiger partial charge in [-0.3, -0.25) is 14.9 Å². The van der Waals surface area contributed by atoms with Crippen molar-refractivity contribution in [2.24, 2.45) is 0 Å². The van der Waals surface area contributed by atoms with Gasteiger partial charge in [0.1, 0.15) is 0 Å². The highest BCUT2D eigenvalue weighted by molar-refractivity contribution is 6.31. The molecular weight excluding hydrogens is 346 g/mol. The van der Waals surface area contributed by atoms with Crippen molar-refractivity contribution in [1.29, 1.82) is 0 Å². The van der Waals surface area contributed by atoms with Crippen LogP contribution in [0.5, 0.6) is 0 Å². The number of nitrogens with one attached hydrogen (secondary N) is 1. The molecule has 0 aromatic carbocycles. The highest BCUT2D eigenvalue weighted by Gasteiger charge is 2.32. The molecule has 0 saturated carbocycles. The molecule has 134 valence electrons. The second kappa shape index (κ2) is 7.56. The van der Waals surface area contributed by atoms with E-state index in [0.717, 1.165) is 53.5 Å². The van der Waals surface area contributed by atoms with Crippen LogP contribution in [0, 0.1) is 0 Å². The molecule has 2 atom stereocenters. The van der Waals surface area contributed by atoms with Crippen LogP contribution in [0.15, 0.2) is 49.1 Å². The molecule has 1 fully saturated rings. The van der Waals surface area contributed by atoms with Gasteiger partial charge in [-0.2, -0.15) is 0 Å². The first-order chi connectivity index (χ1) is 12.7. The average Bonchev–Trinajstić information content (AvgIpc) is 3.16. The minimum atomic E-state index is 0.223. The van der Waals surface area contributed by atoms with E-state index < -0.39 is 0 Å². The number of piperidine rings is 1. The van der Waals surface area contributed by atoms with Gasteiger partial charge in [0.2, 0.25) is 0 Å². The van der Waals surface area contributed by atoms with Gasteiger partial charge in [-0.25, -0.2) is 4.98 Å². The Morgan fingerprint density at radius 3 is 2.88 bits per heavy atom. The maximum atomic E-state index is 6.41. The first-order valence-corrected chi connectivity index (χ1v) is 9.35. The quantitative estimate of drug-likeness (QED) is 0.745. The number of aromatic amines is 1. The van der Waals surface area contributed by atoms with E-state index in [4.69, 9.17) is 16.6 Å². The van der Waals surface area contributed by atoms with E-state index in [1.54, 1.807) is 6.33 Å². The Hall–Kier alpha value is -2.24. The van der Waals surface area contributed by atoms with Crippen molar-refractivity contribution in [3.8, 4) is 0 Å². The van der Waals surface area contributed by atoms with E-state index in [2.05, 4.69) is 45.1 Å². The molecular formula is C20H22ClN5. The van der Waals surface area contributed by atoms with E-state index >= 15 is 0 Å². The Labute approximate surface area is 158 Å². The Kier molecular flexibility index (Phi) is 5.00. The lowest BCUT2D eigenvalue weighted by Gasteiger charge is -2.39. The molecule has 0 aliphatic carbocycles. The summed E-state index contributed by atoms with van der Waals surface area (Å²) in [4.78, 5) is 19.1. The number of aromatic nitrogens is 4. The topological polar surface area (TPSA) is 57.7 Å². The monoisotopic (exact) mass is 367 g/mol. The summed E-state index contributed by atoms with van der Waals surface area (Å²) in [6.07, 6.45) is 9.44. The fraction of sp³-hybridized carbons (Fsp3) is 0.350. The van der Waals surface area contributed by atoms with Crippen molar-refractivity contribution < 1.29 is 0 Å². The average molecular weight is 368 g/mol. The summed E-state index contributed by atoms with van der Waals surface area (Å²) in [6.45, 7) is 0. The molecule has 0 amide bonds. The van der Waals surface area contributed by atoms with Crippen molar-refractivity contribution in [3.05, 3.63) is 76.9 Å². The summed E-state index contributed by atoms with van der Waals surface area (Å²) in [6, 6.07) is 10.6. The SMILES string of the molecule is CN1C(c2cccc(Cc3cnc[nH]3)n2)CCCC1c1ncccc1Cl. The van der Waals surface area contributed by atoms with E-state index in [1.807, 2.05) is 24.5 Å². The van der Waals surface area contributed by atoms with Crippen LogP contribution in [0.4, 0.5) is 0 Å². The highest BCUT2D eigenvalue weighted by Crippen LogP contribution is 2.40. The third kappa shape index (κ3) is 3.50. The van der Waals surface area contributed by atoms with Crippen LogP contribution in [-0.2, 0) is 6.42 Å². The molecule has 6 heteroatoms. The third-order valence-corrected chi connectivity index (χ3v) is 5.46. The molecule has 1 aliphatic rings. The molecule has 1 saturated heterocycles. The smallest absolute Gasteiger partial charge is 0.0921 e. The minimum Gasteiger partial charge on any atom is -0.348 e. The molecule has 3 aromatic rings. The van der Waals surface area contributed by atoms with Crippen LogP contribution in [-0.4, -0.2) is 31.9 Å². The first-order valence-electron chi connectivity index (χ1n) is 8.98. The molecule has 1 N–H and O–H groups in total. The van der Waals surface area contributed by atoms with Crippen LogP contribution in [0.1, 0.15) is 54.1 Å². The van der Waals surface area contributed by atoms with Crippen molar-refractivity contribution in [1.82, 2.24) is 24.8 Å². The molecule has 5 nitrogen and oxygen atoms in total. The van der Waals surface area contributed by atoms with Crippen LogP contribution in [0.2, 0.25) is 5.02 Å². The van der Waals surface area contributed by atoms with Crippen molar-refractivity contribution >= 4 is 11.6 Å². The molecule has 4 heterocycles. The lowest BCUT2D eigenvalue weighted by Crippen LogP contribution is -2.34. The summed E-state index contributed by atoms with van der Waals surface area (Å²) in [7, 11) is 2.16. The standard InChI is InChI=1S/C20H22ClN5/c1-26-18(8-3-9-19(26)20-16(21)6-4-10-23-20)17-7-2-5-14(25-17)11-15-12-22-13-24-15/h2,4-7,10,12-13,18-19H,3,8-9,11H2,1H3,(H,22,24). The Morgan fingerprint density at radius 1 is 1.19 bits per heavy atom. The van der Waals surface area contributed by atoms with E-state index in [-0.39, 0.29) is 12.1 Å². The number of hydrogen-bond donors (Lipinski definition) is 1. The third-order valence-electron chi connectivity index (χ3n) is 5.14. The second-order valence-corrected chi connectivity index (χ2v) is 7.21. The van der Waals surface area contributed by atoms with Gasteiger partial charge in [-0.1, -0.05) is 17.7 Å². The van der Waals surface area contributed by atoms with Gasteiger partial charge >= 0.3 is 0 Å². The summed E-state index contributed by atoms with van der Waals surface area (Å²) in [5.74, 6) is 0. The summed E-state index contributed by atoms with van der Waals surface area (Å²) >= 11 is 6.41. The molecule has 0 spiro atoms. The summed E-state index contributed by atoms with van der Waals surface area (Å²) < 4.78 is 0. The molecule has 0 radical (unpaired) electrons. The van der Waals surface area contributed by atoms with Crippen LogP contribution in [0.3, 0.4) is 0 Å². The van der Waals surface area contributed by atoms with Crippen LogP contribution in [0.25, 0.3) is 0 Å². The Bertz CT molecular complexity index is 864. The predicted molar refractivity (Wildman–Crippen MR) is 102 cm³/mol. The number of rotatable bonds is 4. The molecule has 1 aliphatic heterocycles. The number of nitrogens with zero attached hydrogens (tertiary/aromatic N) is 4. The van der Waals surface area contributed by atoms with Gasteiger partial charge in [0.05, 0.1) is 34.8 Å². The zero-order valence-corrected chi connectivity index (χ0v) is 15.5. The maximum absolute atomic E-state index is 6.41.